The first-order chi connectivity index (χ1) is 10.5. The number of aryl methyl sites for hydroxylation is 1. The number of nitro benzene ring substituents is 1. The molecule has 10 nitrogen and oxygen atoms in total. The van der Waals surface area contributed by atoms with E-state index >= 15 is 0 Å². The highest BCUT2D eigenvalue weighted by molar-refractivity contribution is 5.93. The molecular weight excluding hydrogens is 294 g/mol. The van der Waals surface area contributed by atoms with Gasteiger partial charge in [0, 0.05) is 18.9 Å². The lowest BCUT2D eigenvalue weighted by molar-refractivity contribution is -0.383. The van der Waals surface area contributed by atoms with Crippen molar-refractivity contribution in [3.05, 3.63) is 60.9 Å². The maximum absolute atomic E-state index is 11.8. The minimum atomic E-state index is -0.738. The Morgan fingerprint density at radius 1 is 1.32 bits per heavy atom. The molecule has 0 unspecified atom stereocenters. The zero-order valence-electron chi connectivity index (χ0n) is 11.2. The van der Waals surface area contributed by atoms with E-state index in [0.29, 0.717) is 0 Å². The number of anilines is 1. The highest BCUT2D eigenvalue weighted by Gasteiger charge is 2.15. The summed E-state index contributed by atoms with van der Waals surface area (Å²) in [6, 6.07) is 5.71. The van der Waals surface area contributed by atoms with Crippen LogP contribution in [-0.4, -0.2) is 26.0 Å². The third-order valence-electron chi connectivity index (χ3n) is 2.75. The second kappa shape index (κ2) is 6.43. The van der Waals surface area contributed by atoms with Crippen molar-refractivity contribution in [2.45, 2.75) is 12.8 Å². The Labute approximate surface area is 122 Å². The van der Waals surface area contributed by atoms with Gasteiger partial charge in [-0.3, -0.25) is 24.7 Å². The molecule has 0 fully saturated rings. The smallest absolute Gasteiger partial charge is 0.320 e. The Morgan fingerprint density at radius 3 is 2.73 bits per heavy atom. The number of benzene rings is 1. The first-order valence-electron chi connectivity index (χ1n) is 6.18. The molecular formula is C12H11N5O5. The number of aromatic nitrogens is 3. The third-order valence-corrected chi connectivity index (χ3v) is 2.75. The van der Waals surface area contributed by atoms with E-state index in [-0.39, 0.29) is 29.9 Å². The molecule has 0 aliphatic carbocycles. The number of nitrogens with one attached hydrogen (secondary N) is 3. The number of carbonyl (C=O) groups is 1. The molecule has 0 aliphatic rings. The van der Waals surface area contributed by atoms with Crippen molar-refractivity contribution in [3.63, 3.8) is 0 Å². The van der Waals surface area contributed by atoms with Crippen molar-refractivity contribution < 1.29 is 9.72 Å². The normalized spacial score (nSPS) is 10.2. The van der Waals surface area contributed by atoms with Gasteiger partial charge in [-0.1, -0.05) is 12.1 Å². The van der Waals surface area contributed by atoms with E-state index in [1.807, 2.05) is 4.98 Å². The van der Waals surface area contributed by atoms with Gasteiger partial charge in [-0.2, -0.15) is 5.10 Å². The van der Waals surface area contributed by atoms with Crippen LogP contribution in [0.1, 0.15) is 12.1 Å². The van der Waals surface area contributed by atoms with Gasteiger partial charge in [0.15, 0.2) is 0 Å². The first-order valence-corrected chi connectivity index (χ1v) is 6.18. The Bertz CT molecular complexity index is 825. The molecule has 0 saturated carbocycles. The fourth-order valence-electron chi connectivity index (χ4n) is 1.72. The average Bonchev–Trinajstić information content (AvgIpc) is 2.46. The number of amides is 1. The SMILES string of the molecule is O=C(CCc1n[nH]c(=O)[nH]c1=O)Nc1ccccc1[N+](=O)[O-]. The van der Waals surface area contributed by atoms with E-state index in [0.717, 1.165) is 0 Å². The molecule has 1 amide bonds. The van der Waals surface area contributed by atoms with Crippen LogP contribution < -0.4 is 16.6 Å². The zero-order valence-corrected chi connectivity index (χ0v) is 11.2. The standard InChI is InChI=1S/C12H11N5O5/c18-10(6-5-8-11(19)14-12(20)16-15-8)13-7-3-1-2-4-9(7)17(21)22/h1-4H,5-6H2,(H,13,18)(H2,14,16,19,20). The van der Waals surface area contributed by atoms with Crippen LogP contribution in [0.15, 0.2) is 33.9 Å². The average molecular weight is 305 g/mol. The van der Waals surface area contributed by atoms with Gasteiger partial charge in [-0.25, -0.2) is 9.89 Å². The fourth-order valence-corrected chi connectivity index (χ4v) is 1.72. The summed E-state index contributed by atoms with van der Waals surface area (Å²) in [5, 5.41) is 18.8. The number of aromatic amines is 2. The predicted octanol–water partition coefficient (Wildman–Crippen LogP) is -0.0623. The molecule has 0 aliphatic heterocycles. The van der Waals surface area contributed by atoms with Gasteiger partial charge in [0.2, 0.25) is 5.91 Å². The van der Waals surface area contributed by atoms with Crippen LogP contribution in [0, 0.1) is 10.1 Å². The summed E-state index contributed by atoms with van der Waals surface area (Å²) in [4.78, 5) is 46.2. The molecule has 1 aromatic carbocycles. The topological polar surface area (TPSA) is 151 Å². The molecule has 114 valence electrons. The van der Waals surface area contributed by atoms with Gasteiger partial charge in [0.25, 0.3) is 11.2 Å². The predicted molar refractivity (Wildman–Crippen MR) is 75.5 cm³/mol. The lowest BCUT2D eigenvalue weighted by atomic mass is 10.2. The van der Waals surface area contributed by atoms with Crippen molar-refractivity contribution in [3.8, 4) is 0 Å². The highest BCUT2D eigenvalue weighted by Crippen LogP contribution is 2.23. The molecule has 0 atom stereocenters. The number of H-pyrrole nitrogens is 2. The maximum Gasteiger partial charge on any atom is 0.342 e. The van der Waals surface area contributed by atoms with Gasteiger partial charge >= 0.3 is 5.69 Å². The Kier molecular flexibility index (Phi) is 4.41. The van der Waals surface area contributed by atoms with E-state index < -0.39 is 22.1 Å². The molecule has 0 radical (unpaired) electrons. The maximum atomic E-state index is 11.8. The monoisotopic (exact) mass is 305 g/mol. The van der Waals surface area contributed by atoms with Crippen molar-refractivity contribution in [2.24, 2.45) is 0 Å². The van der Waals surface area contributed by atoms with E-state index in [2.05, 4.69) is 15.5 Å². The number of hydrogen-bond acceptors (Lipinski definition) is 6. The van der Waals surface area contributed by atoms with Crippen molar-refractivity contribution in [1.82, 2.24) is 15.2 Å². The third kappa shape index (κ3) is 3.62. The van der Waals surface area contributed by atoms with Crippen LogP contribution in [-0.2, 0) is 11.2 Å². The molecule has 22 heavy (non-hydrogen) atoms. The minimum absolute atomic E-state index is 0.00249. The number of rotatable bonds is 5. The van der Waals surface area contributed by atoms with E-state index in [1.54, 1.807) is 6.07 Å². The zero-order chi connectivity index (χ0) is 16.1. The number of para-hydroxylation sites is 2. The molecule has 2 aromatic rings. The van der Waals surface area contributed by atoms with Crippen molar-refractivity contribution in [2.75, 3.05) is 5.32 Å². The van der Waals surface area contributed by atoms with Crippen LogP contribution in [0.3, 0.4) is 0 Å². The highest BCUT2D eigenvalue weighted by atomic mass is 16.6. The number of hydrogen-bond donors (Lipinski definition) is 3. The molecule has 10 heteroatoms. The van der Waals surface area contributed by atoms with Crippen molar-refractivity contribution >= 4 is 17.3 Å². The van der Waals surface area contributed by atoms with Gasteiger partial charge in [0.05, 0.1) is 4.92 Å². The van der Waals surface area contributed by atoms with Gasteiger partial charge < -0.3 is 5.32 Å². The van der Waals surface area contributed by atoms with E-state index in [9.17, 15) is 24.5 Å². The molecule has 0 saturated heterocycles. The first kappa shape index (κ1) is 15.1. The van der Waals surface area contributed by atoms with Gasteiger partial charge in [-0.15, -0.1) is 0 Å². The molecule has 0 spiro atoms. The summed E-state index contributed by atoms with van der Waals surface area (Å²) >= 11 is 0. The Morgan fingerprint density at radius 2 is 2.05 bits per heavy atom. The summed E-state index contributed by atoms with van der Waals surface area (Å²) in [5.41, 5.74) is -1.57. The minimum Gasteiger partial charge on any atom is -0.320 e. The second-order valence-electron chi connectivity index (χ2n) is 4.28. The van der Waals surface area contributed by atoms with Crippen LogP contribution in [0.25, 0.3) is 0 Å². The van der Waals surface area contributed by atoms with Gasteiger partial charge in [0.1, 0.15) is 11.4 Å². The lowest BCUT2D eigenvalue weighted by Gasteiger charge is -2.05. The quantitative estimate of drug-likeness (QED) is 0.520. The Hall–Kier alpha value is -3.30. The van der Waals surface area contributed by atoms with Crippen LogP contribution in [0.5, 0.6) is 0 Å². The van der Waals surface area contributed by atoms with Crippen molar-refractivity contribution in [1.29, 1.82) is 0 Å². The second-order valence-corrected chi connectivity index (χ2v) is 4.28. The summed E-state index contributed by atoms with van der Waals surface area (Å²) in [6.45, 7) is 0. The molecule has 2 rings (SSSR count). The number of nitro groups is 1. The Balaban J connectivity index is 2.03. The molecule has 3 N–H and O–H groups in total. The molecule has 0 bridgehead atoms. The van der Waals surface area contributed by atoms with E-state index in [4.69, 9.17) is 0 Å². The number of carbonyl (C=O) groups excluding carboxylic acids is 1. The fraction of sp³-hybridized carbons (Fsp3) is 0.167. The largest absolute Gasteiger partial charge is 0.342 e. The molecule has 1 aromatic heterocycles. The molecule has 1 heterocycles. The van der Waals surface area contributed by atoms with E-state index in [1.165, 1.54) is 18.2 Å². The lowest BCUT2D eigenvalue weighted by Crippen LogP contribution is -2.28. The number of nitrogens with zero attached hydrogens (tertiary/aromatic N) is 2. The summed E-state index contributed by atoms with van der Waals surface area (Å²) in [5.74, 6) is -0.512. The van der Waals surface area contributed by atoms with Crippen LogP contribution in [0.2, 0.25) is 0 Å². The summed E-state index contributed by atoms with van der Waals surface area (Å²) < 4.78 is 0. The summed E-state index contributed by atoms with van der Waals surface area (Å²) in [6.07, 6.45) is -0.132. The van der Waals surface area contributed by atoms with Crippen LogP contribution >= 0.6 is 0 Å². The summed E-state index contributed by atoms with van der Waals surface area (Å²) in [7, 11) is 0. The van der Waals surface area contributed by atoms with Gasteiger partial charge in [-0.05, 0) is 6.07 Å². The van der Waals surface area contributed by atoms with Crippen LogP contribution in [0.4, 0.5) is 11.4 Å².